The molecule has 1 aromatic heterocycles. The lowest BCUT2D eigenvalue weighted by Gasteiger charge is -2.13. The van der Waals surface area contributed by atoms with Crippen LogP contribution in [0.2, 0.25) is 0 Å². The average molecular weight is 300 g/mol. The minimum Gasteiger partial charge on any atom is -0.390 e. The van der Waals surface area contributed by atoms with Crippen molar-refractivity contribution < 1.29 is 14.8 Å². The van der Waals surface area contributed by atoms with Crippen LogP contribution in [0.5, 0.6) is 0 Å². The summed E-state index contributed by atoms with van der Waals surface area (Å²) >= 11 is 0. The molecule has 8 heteroatoms. The predicted molar refractivity (Wildman–Crippen MR) is 78.3 cm³/mol. The quantitative estimate of drug-likeness (QED) is 0.397. The highest BCUT2D eigenvalue weighted by molar-refractivity contribution is 5.39. The van der Waals surface area contributed by atoms with E-state index in [0.717, 1.165) is 0 Å². The van der Waals surface area contributed by atoms with Crippen LogP contribution in [0.3, 0.4) is 0 Å². The molecule has 1 rings (SSSR count). The van der Waals surface area contributed by atoms with Gasteiger partial charge in [-0.15, -0.1) is 0 Å². The molecule has 0 bridgehead atoms. The van der Waals surface area contributed by atoms with Gasteiger partial charge < -0.3 is 15.2 Å². The second-order valence-electron chi connectivity index (χ2n) is 5.24. The van der Waals surface area contributed by atoms with Crippen LogP contribution < -0.4 is 5.32 Å². The van der Waals surface area contributed by atoms with E-state index in [9.17, 15) is 15.2 Å². The highest BCUT2D eigenvalue weighted by Crippen LogP contribution is 2.21. The van der Waals surface area contributed by atoms with Crippen molar-refractivity contribution in [3.63, 3.8) is 0 Å². The molecule has 21 heavy (non-hydrogen) atoms. The van der Waals surface area contributed by atoms with Crippen molar-refractivity contribution in [2.45, 2.75) is 46.4 Å². The lowest BCUT2D eigenvalue weighted by atomic mass is 10.3. The van der Waals surface area contributed by atoms with Crippen LogP contribution in [0, 0.1) is 24.0 Å². The molecule has 1 unspecified atom stereocenters. The van der Waals surface area contributed by atoms with Gasteiger partial charge in [0.15, 0.2) is 0 Å². The van der Waals surface area contributed by atoms with Gasteiger partial charge in [-0.1, -0.05) is 0 Å². The topological polar surface area (TPSA) is 102 Å². The summed E-state index contributed by atoms with van der Waals surface area (Å²) < 4.78 is 6.85. The third-order valence-electron chi connectivity index (χ3n) is 3.02. The third kappa shape index (κ3) is 5.41. The Hall–Kier alpha value is -1.51. The summed E-state index contributed by atoms with van der Waals surface area (Å²) in [5.41, 5.74) is 0.836. The number of aliphatic hydroxyl groups is 1. The van der Waals surface area contributed by atoms with Crippen molar-refractivity contribution in [1.82, 2.24) is 15.1 Å². The normalized spacial score (nSPS) is 12.9. The number of nitrogens with zero attached hydrogens (tertiary/aromatic N) is 3. The lowest BCUT2D eigenvalue weighted by Crippen LogP contribution is -2.33. The van der Waals surface area contributed by atoms with Crippen LogP contribution in [0.15, 0.2) is 0 Å². The van der Waals surface area contributed by atoms with Crippen LogP contribution in [-0.2, 0) is 11.3 Å². The molecule has 0 spiro atoms. The monoisotopic (exact) mass is 300 g/mol. The Balaban J connectivity index is 2.43. The first kappa shape index (κ1) is 17.5. The Labute approximate surface area is 124 Å². The van der Waals surface area contributed by atoms with Crippen molar-refractivity contribution in [2.24, 2.45) is 0 Å². The fourth-order valence-corrected chi connectivity index (χ4v) is 2.03. The number of hydrogen-bond donors (Lipinski definition) is 2. The van der Waals surface area contributed by atoms with E-state index in [-0.39, 0.29) is 18.3 Å². The summed E-state index contributed by atoms with van der Waals surface area (Å²) in [5, 5.41) is 28.0. The van der Waals surface area contributed by atoms with Crippen LogP contribution in [0.4, 0.5) is 5.69 Å². The van der Waals surface area contributed by atoms with Gasteiger partial charge in [-0.25, -0.2) is 0 Å². The van der Waals surface area contributed by atoms with Gasteiger partial charge in [0.05, 0.1) is 30.3 Å². The summed E-state index contributed by atoms with van der Waals surface area (Å²) in [7, 11) is 0. The molecule has 1 atom stereocenters. The zero-order valence-electron chi connectivity index (χ0n) is 13.0. The molecule has 0 aliphatic heterocycles. The first-order chi connectivity index (χ1) is 9.82. The Morgan fingerprint density at radius 1 is 1.48 bits per heavy atom. The van der Waals surface area contributed by atoms with Crippen LogP contribution in [0.1, 0.15) is 25.2 Å². The Morgan fingerprint density at radius 3 is 2.67 bits per heavy atom. The number of nitrogens with one attached hydrogen (secondary N) is 1. The van der Waals surface area contributed by atoms with E-state index < -0.39 is 11.0 Å². The summed E-state index contributed by atoms with van der Waals surface area (Å²) in [4.78, 5) is 10.5. The minimum absolute atomic E-state index is 0.0143. The predicted octanol–water partition coefficient (Wildman–Crippen LogP) is 0.784. The molecular formula is C13H24N4O4. The number of aryl methyl sites for hydroxylation is 1. The molecule has 0 saturated carbocycles. The summed E-state index contributed by atoms with van der Waals surface area (Å²) in [6, 6.07) is 0. The van der Waals surface area contributed by atoms with E-state index in [1.54, 1.807) is 13.8 Å². The molecule has 0 aliphatic carbocycles. The molecule has 0 aliphatic rings. The van der Waals surface area contributed by atoms with Gasteiger partial charge in [0.2, 0.25) is 0 Å². The fraction of sp³-hybridized carbons (Fsp3) is 0.769. The molecule has 0 saturated heterocycles. The molecule has 0 radical (unpaired) electrons. The Morgan fingerprint density at radius 2 is 2.14 bits per heavy atom. The number of nitro groups is 1. The van der Waals surface area contributed by atoms with E-state index in [1.807, 2.05) is 13.8 Å². The van der Waals surface area contributed by atoms with Gasteiger partial charge in [0.1, 0.15) is 11.4 Å². The molecule has 120 valence electrons. The molecule has 1 heterocycles. The molecule has 2 N–H and O–H groups in total. The molecule has 1 aromatic rings. The van der Waals surface area contributed by atoms with Gasteiger partial charge >= 0.3 is 5.69 Å². The van der Waals surface area contributed by atoms with Crippen molar-refractivity contribution >= 4 is 5.69 Å². The zero-order chi connectivity index (χ0) is 16.0. The second kappa shape index (κ2) is 8.06. The molecule has 8 nitrogen and oxygen atoms in total. The van der Waals surface area contributed by atoms with E-state index in [0.29, 0.717) is 31.1 Å². The SMILES string of the molecule is Cc1nn(CC(O)CNCCOC(C)C)c(C)c1[N+](=O)[O-]. The fourth-order valence-electron chi connectivity index (χ4n) is 2.03. The van der Waals surface area contributed by atoms with Crippen LogP contribution in [0.25, 0.3) is 0 Å². The third-order valence-corrected chi connectivity index (χ3v) is 3.02. The van der Waals surface area contributed by atoms with E-state index in [4.69, 9.17) is 4.74 Å². The van der Waals surface area contributed by atoms with Crippen LogP contribution >= 0.6 is 0 Å². The number of hydrogen-bond acceptors (Lipinski definition) is 6. The highest BCUT2D eigenvalue weighted by atomic mass is 16.6. The lowest BCUT2D eigenvalue weighted by molar-refractivity contribution is -0.386. The maximum atomic E-state index is 10.9. The van der Waals surface area contributed by atoms with Crippen molar-refractivity contribution in [3.8, 4) is 0 Å². The van der Waals surface area contributed by atoms with Gasteiger partial charge in [0.25, 0.3) is 0 Å². The summed E-state index contributed by atoms with van der Waals surface area (Å²) in [5.74, 6) is 0. The molecule has 0 aromatic carbocycles. The smallest absolute Gasteiger partial charge is 0.312 e. The largest absolute Gasteiger partial charge is 0.390 e. The van der Waals surface area contributed by atoms with Gasteiger partial charge in [-0.3, -0.25) is 14.8 Å². The van der Waals surface area contributed by atoms with E-state index in [1.165, 1.54) is 4.68 Å². The zero-order valence-corrected chi connectivity index (χ0v) is 13.0. The number of aliphatic hydroxyl groups excluding tert-OH is 1. The van der Waals surface area contributed by atoms with Crippen molar-refractivity contribution in [2.75, 3.05) is 19.7 Å². The van der Waals surface area contributed by atoms with Crippen LogP contribution in [-0.4, -0.2) is 51.7 Å². The highest BCUT2D eigenvalue weighted by Gasteiger charge is 2.22. The van der Waals surface area contributed by atoms with Gasteiger partial charge in [-0.05, 0) is 27.7 Å². The maximum absolute atomic E-state index is 10.9. The molecular weight excluding hydrogens is 276 g/mol. The number of ether oxygens (including phenoxy) is 1. The maximum Gasteiger partial charge on any atom is 0.312 e. The molecule has 0 amide bonds. The van der Waals surface area contributed by atoms with Crippen molar-refractivity contribution in [1.29, 1.82) is 0 Å². The number of rotatable bonds is 9. The van der Waals surface area contributed by atoms with E-state index in [2.05, 4.69) is 10.4 Å². The Bertz CT molecular complexity index is 473. The first-order valence-electron chi connectivity index (χ1n) is 7.01. The van der Waals surface area contributed by atoms with Crippen molar-refractivity contribution in [3.05, 3.63) is 21.5 Å². The first-order valence-corrected chi connectivity index (χ1v) is 7.01. The summed E-state index contributed by atoms with van der Waals surface area (Å²) in [6.45, 7) is 8.98. The van der Waals surface area contributed by atoms with Gasteiger partial charge in [-0.2, -0.15) is 5.10 Å². The number of aromatic nitrogens is 2. The molecule has 0 fully saturated rings. The summed E-state index contributed by atoms with van der Waals surface area (Å²) in [6.07, 6.45) is -0.478. The average Bonchev–Trinajstić information content (AvgIpc) is 2.63. The van der Waals surface area contributed by atoms with Gasteiger partial charge in [0, 0.05) is 13.1 Å². The minimum atomic E-state index is -0.665. The van der Waals surface area contributed by atoms with E-state index >= 15 is 0 Å². The second-order valence-corrected chi connectivity index (χ2v) is 5.24. The standard InChI is InChI=1S/C13H24N4O4/c1-9(2)21-6-5-14-7-12(18)8-16-11(4)13(17(19)20)10(3)15-16/h9,12,14,18H,5-8H2,1-4H3. The Kier molecular flexibility index (Phi) is 6.73.